The first-order valence-electron chi connectivity index (χ1n) is 5.21. The van der Waals surface area contributed by atoms with Gasteiger partial charge in [-0.25, -0.2) is 9.79 Å². The number of fused-ring (bicyclic) bond motifs is 1. The predicted molar refractivity (Wildman–Crippen MR) is 65.9 cm³/mol. The molecule has 0 amide bonds. The van der Waals surface area contributed by atoms with E-state index in [1.807, 2.05) is 18.2 Å². The summed E-state index contributed by atoms with van der Waals surface area (Å²) in [5, 5.41) is 13.9. The molecule has 0 saturated heterocycles. The van der Waals surface area contributed by atoms with E-state index in [1.54, 1.807) is 0 Å². The van der Waals surface area contributed by atoms with Crippen LogP contribution >= 0.6 is 0 Å². The van der Waals surface area contributed by atoms with Gasteiger partial charge in [-0.3, -0.25) is 0 Å². The zero-order chi connectivity index (χ0) is 13.5. The SMILES string of the molecule is NC(N)=NCC1Cc2ccccc2O1.O=C(O)O. The zero-order valence-electron chi connectivity index (χ0n) is 9.61. The van der Waals surface area contributed by atoms with Gasteiger partial charge in [0.1, 0.15) is 11.9 Å². The van der Waals surface area contributed by atoms with Crippen LogP contribution in [0.25, 0.3) is 0 Å². The van der Waals surface area contributed by atoms with E-state index in [-0.39, 0.29) is 12.1 Å². The van der Waals surface area contributed by atoms with Crippen LogP contribution in [0.3, 0.4) is 0 Å². The molecule has 7 heteroatoms. The number of nitrogens with two attached hydrogens (primary N) is 2. The fraction of sp³-hybridized carbons (Fsp3) is 0.273. The first kappa shape index (κ1) is 13.6. The highest BCUT2D eigenvalue weighted by Gasteiger charge is 2.21. The summed E-state index contributed by atoms with van der Waals surface area (Å²) < 4.78 is 5.64. The van der Waals surface area contributed by atoms with E-state index in [4.69, 9.17) is 31.2 Å². The van der Waals surface area contributed by atoms with E-state index in [2.05, 4.69) is 11.1 Å². The average Bonchev–Trinajstić information content (AvgIpc) is 2.68. The number of hydrogen-bond donors (Lipinski definition) is 4. The molecule has 0 bridgehead atoms. The van der Waals surface area contributed by atoms with Gasteiger partial charge in [-0.05, 0) is 11.6 Å². The van der Waals surface area contributed by atoms with Gasteiger partial charge in [0.2, 0.25) is 0 Å². The Labute approximate surface area is 104 Å². The highest BCUT2D eigenvalue weighted by Crippen LogP contribution is 2.27. The van der Waals surface area contributed by atoms with Crippen LogP contribution in [0.5, 0.6) is 5.75 Å². The summed E-state index contributed by atoms with van der Waals surface area (Å²) in [6, 6.07) is 7.99. The summed E-state index contributed by atoms with van der Waals surface area (Å²) in [4.78, 5) is 12.5. The van der Waals surface area contributed by atoms with Crippen molar-refractivity contribution in [1.82, 2.24) is 0 Å². The third-order valence-corrected chi connectivity index (χ3v) is 2.19. The molecular formula is C11H15N3O4. The summed E-state index contributed by atoms with van der Waals surface area (Å²) in [5.74, 6) is 1.06. The maximum atomic E-state index is 8.56. The minimum Gasteiger partial charge on any atom is -0.488 e. The molecule has 1 atom stereocenters. The van der Waals surface area contributed by atoms with Crippen molar-refractivity contribution in [3.8, 4) is 5.75 Å². The van der Waals surface area contributed by atoms with E-state index >= 15 is 0 Å². The van der Waals surface area contributed by atoms with Gasteiger partial charge in [-0.1, -0.05) is 18.2 Å². The molecule has 1 aliphatic rings. The van der Waals surface area contributed by atoms with E-state index < -0.39 is 6.16 Å². The Balaban J connectivity index is 0.000000357. The van der Waals surface area contributed by atoms with E-state index in [9.17, 15) is 0 Å². The Morgan fingerprint density at radius 1 is 1.39 bits per heavy atom. The maximum absolute atomic E-state index is 8.56. The number of guanidine groups is 1. The third-order valence-electron chi connectivity index (χ3n) is 2.19. The molecule has 2 rings (SSSR count). The van der Waals surface area contributed by atoms with E-state index in [1.165, 1.54) is 5.56 Å². The summed E-state index contributed by atoms with van der Waals surface area (Å²) in [6.07, 6.45) is -0.873. The van der Waals surface area contributed by atoms with Gasteiger partial charge in [0, 0.05) is 6.42 Å². The summed E-state index contributed by atoms with van der Waals surface area (Å²) >= 11 is 0. The smallest absolute Gasteiger partial charge is 0.488 e. The van der Waals surface area contributed by atoms with Crippen LogP contribution in [0.4, 0.5) is 4.79 Å². The van der Waals surface area contributed by atoms with Gasteiger partial charge >= 0.3 is 6.16 Å². The van der Waals surface area contributed by atoms with Gasteiger partial charge in [0.15, 0.2) is 5.96 Å². The van der Waals surface area contributed by atoms with Crippen LogP contribution in [0.15, 0.2) is 29.3 Å². The maximum Gasteiger partial charge on any atom is 0.503 e. The molecule has 1 aliphatic heterocycles. The number of rotatable bonds is 2. The number of aliphatic imine (C=N–C) groups is 1. The summed E-state index contributed by atoms with van der Waals surface area (Å²) in [7, 11) is 0. The van der Waals surface area contributed by atoms with E-state index in [0.29, 0.717) is 6.54 Å². The van der Waals surface area contributed by atoms with Gasteiger partial charge in [0.25, 0.3) is 0 Å². The molecule has 0 fully saturated rings. The number of ether oxygens (including phenoxy) is 1. The second-order valence-electron chi connectivity index (χ2n) is 3.60. The average molecular weight is 253 g/mol. The van der Waals surface area contributed by atoms with Gasteiger partial charge in [0.05, 0.1) is 6.54 Å². The summed E-state index contributed by atoms with van der Waals surface area (Å²) in [6.45, 7) is 0.525. The van der Waals surface area contributed by atoms with Crippen LogP contribution in [0.2, 0.25) is 0 Å². The van der Waals surface area contributed by atoms with Gasteiger partial charge in [-0.15, -0.1) is 0 Å². The Kier molecular flexibility index (Phi) is 4.79. The molecular weight excluding hydrogens is 238 g/mol. The van der Waals surface area contributed by atoms with Gasteiger partial charge in [-0.2, -0.15) is 0 Å². The molecule has 98 valence electrons. The zero-order valence-corrected chi connectivity index (χ0v) is 9.61. The molecule has 0 aliphatic carbocycles. The third kappa shape index (κ3) is 4.60. The highest BCUT2D eigenvalue weighted by atomic mass is 16.6. The van der Waals surface area contributed by atoms with Crippen molar-refractivity contribution >= 4 is 12.1 Å². The van der Waals surface area contributed by atoms with Crippen LogP contribution in [0, 0.1) is 0 Å². The molecule has 7 nitrogen and oxygen atoms in total. The molecule has 18 heavy (non-hydrogen) atoms. The van der Waals surface area contributed by atoms with Crippen LogP contribution in [-0.2, 0) is 6.42 Å². The predicted octanol–water partition coefficient (Wildman–Crippen LogP) is 0.486. The number of carboxylic acid groups (broad SMARTS) is 2. The first-order valence-corrected chi connectivity index (χ1v) is 5.21. The standard InChI is InChI=1S/C10H13N3O.CH2O3/c11-10(12)13-6-8-5-7-3-1-2-4-9(7)14-8;2-1(3)4/h1-4,8H,5-6H2,(H4,11,12,13);(H2,2,3,4). The lowest BCUT2D eigenvalue weighted by atomic mass is 10.1. The molecule has 0 radical (unpaired) electrons. The largest absolute Gasteiger partial charge is 0.503 e. The number of para-hydroxylation sites is 1. The van der Waals surface area contributed by atoms with Crippen molar-refractivity contribution in [2.45, 2.75) is 12.5 Å². The van der Waals surface area contributed by atoms with Crippen molar-refractivity contribution in [3.63, 3.8) is 0 Å². The lowest BCUT2D eigenvalue weighted by Crippen LogP contribution is -2.26. The molecule has 1 aromatic rings. The van der Waals surface area contributed by atoms with Crippen molar-refractivity contribution < 1.29 is 19.7 Å². The van der Waals surface area contributed by atoms with E-state index in [0.717, 1.165) is 12.2 Å². The minimum atomic E-state index is -1.83. The van der Waals surface area contributed by atoms with Crippen molar-refractivity contribution in [3.05, 3.63) is 29.8 Å². The minimum absolute atomic E-state index is 0.0782. The second-order valence-corrected chi connectivity index (χ2v) is 3.60. The monoisotopic (exact) mass is 253 g/mol. The quantitative estimate of drug-likeness (QED) is 0.448. The first-order chi connectivity index (χ1) is 8.49. The van der Waals surface area contributed by atoms with Crippen molar-refractivity contribution in [1.29, 1.82) is 0 Å². The Morgan fingerprint density at radius 2 is 2.00 bits per heavy atom. The molecule has 1 heterocycles. The Morgan fingerprint density at radius 3 is 2.56 bits per heavy atom. The highest BCUT2D eigenvalue weighted by molar-refractivity contribution is 5.75. The lowest BCUT2D eigenvalue weighted by Gasteiger charge is -2.06. The van der Waals surface area contributed by atoms with Gasteiger partial charge < -0.3 is 26.4 Å². The molecule has 6 N–H and O–H groups in total. The fourth-order valence-electron chi connectivity index (χ4n) is 1.56. The van der Waals surface area contributed by atoms with Crippen LogP contribution in [0.1, 0.15) is 5.56 Å². The number of nitrogens with zero attached hydrogens (tertiary/aromatic N) is 1. The second kappa shape index (κ2) is 6.33. The number of carbonyl (C=O) groups is 1. The van der Waals surface area contributed by atoms with Crippen LogP contribution < -0.4 is 16.2 Å². The van der Waals surface area contributed by atoms with Crippen LogP contribution in [-0.4, -0.2) is 35.0 Å². The number of benzene rings is 1. The molecule has 1 aromatic carbocycles. The lowest BCUT2D eigenvalue weighted by molar-refractivity contribution is 0.137. The number of hydrogen-bond acceptors (Lipinski definition) is 3. The molecule has 0 spiro atoms. The summed E-state index contributed by atoms with van der Waals surface area (Å²) in [5.41, 5.74) is 11.7. The topological polar surface area (TPSA) is 131 Å². The Bertz CT molecular complexity index is 415. The van der Waals surface area contributed by atoms with Crippen molar-refractivity contribution in [2.24, 2.45) is 16.5 Å². The normalized spacial score (nSPS) is 15.7. The Hall–Kier alpha value is -2.44. The molecule has 0 saturated carbocycles. The fourth-order valence-corrected chi connectivity index (χ4v) is 1.56. The molecule has 1 unspecified atom stereocenters. The van der Waals surface area contributed by atoms with Crippen molar-refractivity contribution in [2.75, 3.05) is 6.54 Å². The molecule has 0 aromatic heterocycles.